The van der Waals surface area contributed by atoms with Crippen LogP contribution < -0.4 is 10.1 Å². The molecule has 98 valence electrons. The Morgan fingerprint density at radius 1 is 1.56 bits per heavy atom. The molecule has 1 unspecified atom stereocenters. The molecular weight excluding hydrogens is 230 g/mol. The van der Waals surface area contributed by atoms with Crippen molar-refractivity contribution in [1.82, 2.24) is 5.32 Å². The lowest BCUT2D eigenvalue weighted by Gasteiger charge is -2.18. The number of carbonyl (C=O) groups is 1. The van der Waals surface area contributed by atoms with Gasteiger partial charge in [-0.1, -0.05) is 13.0 Å². The van der Waals surface area contributed by atoms with Crippen molar-refractivity contribution in [2.75, 3.05) is 7.11 Å². The van der Waals surface area contributed by atoms with Crippen LogP contribution in [0, 0.1) is 0 Å². The maximum Gasteiger partial charge on any atom is 0.325 e. The molecule has 0 aliphatic heterocycles. The molecule has 0 aromatic heterocycles. The van der Waals surface area contributed by atoms with Crippen LogP contribution in [0.1, 0.15) is 36.9 Å². The number of aliphatic carboxylic acids is 1. The molecule has 1 aliphatic rings. The number of carboxylic acid groups (broad SMARTS) is 1. The number of ether oxygens (including phenoxy) is 1. The predicted octanol–water partition coefficient (Wildman–Crippen LogP) is 2.14. The summed E-state index contributed by atoms with van der Waals surface area (Å²) in [6.07, 6.45) is 2.99. The molecular formula is C14H19NO3. The fourth-order valence-corrected chi connectivity index (χ4v) is 2.01. The van der Waals surface area contributed by atoms with Crippen LogP contribution >= 0.6 is 0 Å². The minimum atomic E-state index is -0.853. The summed E-state index contributed by atoms with van der Waals surface area (Å²) >= 11 is 0. The van der Waals surface area contributed by atoms with E-state index >= 15 is 0 Å². The Kier molecular flexibility index (Phi) is 3.87. The van der Waals surface area contributed by atoms with E-state index in [0.29, 0.717) is 11.8 Å². The van der Waals surface area contributed by atoms with Gasteiger partial charge in [0.25, 0.3) is 0 Å². The number of nitrogens with one attached hydrogen (secondary N) is 1. The second-order valence-corrected chi connectivity index (χ2v) is 4.64. The van der Waals surface area contributed by atoms with E-state index in [-0.39, 0.29) is 0 Å². The number of methoxy groups -OCH3 is 1. The van der Waals surface area contributed by atoms with Crippen molar-refractivity contribution in [1.29, 1.82) is 0 Å². The summed E-state index contributed by atoms with van der Waals surface area (Å²) in [5, 5.41) is 12.5. The number of hydrogen-bond acceptors (Lipinski definition) is 3. The zero-order valence-electron chi connectivity index (χ0n) is 10.8. The van der Waals surface area contributed by atoms with Crippen molar-refractivity contribution in [2.45, 2.75) is 38.3 Å². The van der Waals surface area contributed by atoms with Crippen LogP contribution in [0.5, 0.6) is 5.75 Å². The number of rotatable bonds is 6. The molecule has 0 amide bonds. The summed E-state index contributed by atoms with van der Waals surface area (Å²) in [5.74, 6) is -0.221. The van der Waals surface area contributed by atoms with Crippen LogP contribution in [0.15, 0.2) is 18.2 Å². The number of aryl methyl sites for hydroxylation is 1. The van der Waals surface area contributed by atoms with Gasteiger partial charge in [-0.15, -0.1) is 0 Å². The molecule has 2 N–H and O–H groups in total. The van der Waals surface area contributed by atoms with Crippen LogP contribution in [0.25, 0.3) is 0 Å². The maximum absolute atomic E-state index is 11.4. The molecule has 0 radical (unpaired) electrons. The highest BCUT2D eigenvalue weighted by Crippen LogP contribution is 2.30. The molecule has 2 rings (SSSR count). The Labute approximate surface area is 107 Å². The largest absolute Gasteiger partial charge is 0.496 e. The number of hydrogen-bond donors (Lipinski definition) is 2. The van der Waals surface area contributed by atoms with E-state index in [9.17, 15) is 9.90 Å². The third-order valence-electron chi connectivity index (χ3n) is 3.24. The van der Waals surface area contributed by atoms with Crippen molar-refractivity contribution in [3.63, 3.8) is 0 Å². The lowest BCUT2D eigenvalue weighted by Crippen LogP contribution is -2.30. The highest BCUT2D eigenvalue weighted by atomic mass is 16.5. The summed E-state index contributed by atoms with van der Waals surface area (Å²) in [6, 6.07) is 5.39. The number of carboxylic acids is 1. The van der Waals surface area contributed by atoms with Crippen molar-refractivity contribution in [3.8, 4) is 5.75 Å². The second-order valence-electron chi connectivity index (χ2n) is 4.64. The summed E-state index contributed by atoms with van der Waals surface area (Å²) in [4.78, 5) is 11.4. The molecule has 18 heavy (non-hydrogen) atoms. The second kappa shape index (κ2) is 5.40. The van der Waals surface area contributed by atoms with E-state index in [1.54, 1.807) is 7.11 Å². The Hall–Kier alpha value is -1.55. The smallest absolute Gasteiger partial charge is 0.325 e. The van der Waals surface area contributed by atoms with Gasteiger partial charge in [-0.05, 0) is 37.0 Å². The first-order valence-corrected chi connectivity index (χ1v) is 6.31. The molecule has 0 heterocycles. The van der Waals surface area contributed by atoms with E-state index in [1.165, 1.54) is 0 Å². The Bertz CT molecular complexity index is 441. The van der Waals surface area contributed by atoms with E-state index in [4.69, 9.17) is 4.74 Å². The zero-order chi connectivity index (χ0) is 13.1. The molecule has 1 aliphatic carbocycles. The molecule has 0 saturated heterocycles. The fourth-order valence-electron chi connectivity index (χ4n) is 2.01. The van der Waals surface area contributed by atoms with Gasteiger partial charge >= 0.3 is 5.97 Å². The third kappa shape index (κ3) is 2.82. The highest BCUT2D eigenvalue weighted by molar-refractivity contribution is 5.77. The first-order valence-electron chi connectivity index (χ1n) is 6.31. The van der Waals surface area contributed by atoms with Crippen LogP contribution in [0.2, 0.25) is 0 Å². The topological polar surface area (TPSA) is 58.6 Å². The van der Waals surface area contributed by atoms with Crippen LogP contribution in [0.4, 0.5) is 0 Å². The molecule has 1 atom stereocenters. The average Bonchev–Trinajstić information content (AvgIpc) is 3.18. The Morgan fingerprint density at radius 2 is 2.28 bits per heavy atom. The van der Waals surface area contributed by atoms with Crippen molar-refractivity contribution in [2.24, 2.45) is 0 Å². The van der Waals surface area contributed by atoms with E-state index in [1.807, 2.05) is 18.2 Å². The van der Waals surface area contributed by atoms with E-state index < -0.39 is 12.0 Å². The maximum atomic E-state index is 11.4. The Balaban J connectivity index is 2.33. The lowest BCUT2D eigenvalue weighted by molar-refractivity contribution is -0.139. The molecule has 0 bridgehead atoms. The standard InChI is InChI=1S/C14H19NO3/c1-3-9-4-7-12(18-2)11(8-9)13(14(16)17)15-10-5-6-10/h4,7-8,10,13,15H,3,5-6H2,1-2H3,(H,16,17). The third-order valence-corrected chi connectivity index (χ3v) is 3.24. The van der Waals surface area contributed by atoms with Gasteiger partial charge in [-0.3, -0.25) is 10.1 Å². The van der Waals surface area contributed by atoms with Crippen molar-refractivity contribution >= 4 is 5.97 Å². The normalized spacial score (nSPS) is 16.3. The minimum absolute atomic E-state index is 0.334. The van der Waals surface area contributed by atoms with Gasteiger partial charge < -0.3 is 9.84 Å². The van der Waals surface area contributed by atoms with E-state index in [0.717, 1.165) is 30.4 Å². The van der Waals surface area contributed by atoms with Gasteiger partial charge in [0.2, 0.25) is 0 Å². The van der Waals surface area contributed by atoms with Crippen LogP contribution in [-0.2, 0) is 11.2 Å². The van der Waals surface area contributed by atoms with Crippen LogP contribution in [-0.4, -0.2) is 24.2 Å². The van der Waals surface area contributed by atoms with Gasteiger partial charge in [0, 0.05) is 11.6 Å². The van der Waals surface area contributed by atoms with Gasteiger partial charge in [0.05, 0.1) is 7.11 Å². The zero-order valence-corrected chi connectivity index (χ0v) is 10.8. The summed E-state index contributed by atoms with van der Waals surface area (Å²) in [7, 11) is 1.57. The molecule has 4 nitrogen and oxygen atoms in total. The van der Waals surface area contributed by atoms with Crippen molar-refractivity contribution in [3.05, 3.63) is 29.3 Å². The van der Waals surface area contributed by atoms with E-state index in [2.05, 4.69) is 12.2 Å². The quantitative estimate of drug-likeness (QED) is 0.811. The Morgan fingerprint density at radius 3 is 2.78 bits per heavy atom. The van der Waals surface area contributed by atoms with Gasteiger partial charge in [0.1, 0.15) is 11.8 Å². The monoisotopic (exact) mass is 249 g/mol. The lowest BCUT2D eigenvalue weighted by atomic mass is 10.0. The highest BCUT2D eigenvalue weighted by Gasteiger charge is 2.31. The molecule has 0 spiro atoms. The first kappa shape index (κ1) is 12.9. The van der Waals surface area contributed by atoms with Gasteiger partial charge in [-0.2, -0.15) is 0 Å². The average molecular weight is 249 g/mol. The summed E-state index contributed by atoms with van der Waals surface area (Å²) < 4.78 is 5.27. The van der Waals surface area contributed by atoms with Crippen molar-refractivity contribution < 1.29 is 14.6 Å². The molecule has 1 aromatic rings. The minimum Gasteiger partial charge on any atom is -0.496 e. The first-order chi connectivity index (χ1) is 8.65. The summed E-state index contributed by atoms with van der Waals surface area (Å²) in [6.45, 7) is 2.05. The number of benzene rings is 1. The summed E-state index contributed by atoms with van der Waals surface area (Å²) in [5.41, 5.74) is 1.84. The molecule has 1 saturated carbocycles. The molecule has 4 heteroatoms. The predicted molar refractivity (Wildman–Crippen MR) is 68.9 cm³/mol. The van der Waals surface area contributed by atoms with Crippen LogP contribution in [0.3, 0.4) is 0 Å². The van der Waals surface area contributed by atoms with Gasteiger partial charge in [0.15, 0.2) is 0 Å². The fraction of sp³-hybridized carbons (Fsp3) is 0.500. The molecule has 1 aromatic carbocycles. The van der Waals surface area contributed by atoms with Gasteiger partial charge in [-0.25, -0.2) is 0 Å². The molecule has 1 fully saturated rings. The SMILES string of the molecule is CCc1ccc(OC)c(C(NC2CC2)C(=O)O)c1.